The van der Waals surface area contributed by atoms with Gasteiger partial charge in [-0.25, -0.2) is 9.59 Å². The Morgan fingerprint density at radius 1 is 1.25 bits per heavy atom. The molecule has 8 nitrogen and oxygen atoms in total. The third-order valence-corrected chi connectivity index (χ3v) is 5.50. The molecule has 2 fully saturated rings. The first kappa shape index (κ1) is 20.1. The van der Waals surface area contributed by atoms with Crippen molar-refractivity contribution in [2.45, 2.75) is 44.4 Å². The van der Waals surface area contributed by atoms with Crippen LogP contribution in [0.2, 0.25) is 0 Å². The smallest absolute Gasteiger partial charge is 0.457 e. The lowest BCUT2D eigenvalue weighted by Gasteiger charge is -2.48. The number of β-lactam (4-membered cyclic amide) rings is 1. The van der Waals surface area contributed by atoms with E-state index in [1.165, 1.54) is 17.1 Å². The number of nitrogens with zero attached hydrogens (tertiary/aromatic N) is 1. The highest BCUT2D eigenvalue weighted by Crippen LogP contribution is 2.52. The second-order valence-electron chi connectivity index (χ2n) is 7.14. The van der Waals surface area contributed by atoms with Gasteiger partial charge in [-0.1, -0.05) is 25.3 Å². The molecule has 0 unspecified atom stereocenters. The molecule has 1 N–H and O–H groups in total. The third kappa shape index (κ3) is 3.32. The van der Waals surface area contributed by atoms with Crippen LogP contribution in [-0.2, 0) is 23.8 Å². The van der Waals surface area contributed by atoms with Gasteiger partial charge in [0.25, 0.3) is 0 Å². The quantitative estimate of drug-likeness (QED) is 0.400. The van der Waals surface area contributed by atoms with Crippen molar-refractivity contribution in [3.63, 3.8) is 0 Å². The molecule has 2 heterocycles. The van der Waals surface area contributed by atoms with Crippen LogP contribution in [-0.4, -0.2) is 59.5 Å². The molecule has 0 radical (unpaired) electrons. The van der Waals surface area contributed by atoms with E-state index in [1.54, 1.807) is 6.92 Å². The standard InChI is InChI=1S/C20H25NO7/c1-4-9-26-19(24)17-15-12(7-6-8-13(15)22)16-14(18(23)21(16)17)11(3)28-20(25)27-10-5-2/h4-5,11-14,16,22H,1-2,6-10H2,3H3/t11-,12-,13-,14-,16-/m1/s1. The van der Waals surface area contributed by atoms with Crippen LogP contribution in [0.1, 0.15) is 26.2 Å². The third-order valence-electron chi connectivity index (χ3n) is 5.50. The summed E-state index contributed by atoms with van der Waals surface area (Å²) in [5.74, 6) is -1.73. The van der Waals surface area contributed by atoms with Gasteiger partial charge >= 0.3 is 12.1 Å². The van der Waals surface area contributed by atoms with Crippen molar-refractivity contribution in [1.82, 2.24) is 4.90 Å². The fraction of sp³-hybridized carbons (Fsp3) is 0.550. The van der Waals surface area contributed by atoms with E-state index in [-0.39, 0.29) is 36.8 Å². The Labute approximate surface area is 163 Å². The summed E-state index contributed by atoms with van der Waals surface area (Å²) in [5, 5.41) is 10.5. The molecule has 1 amide bonds. The normalized spacial score (nSPS) is 29.2. The number of hydrogen-bond acceptors (Lipinski definition) is 7. The Balaban J connectivity index is 1.81. The van der Waals surface area contributed by atoms with Gasteiger partial charge in [0, 0.05) is 5.92 Å². The first-order valence-electron chi connectivity index (χ1n) is 9.39. The summed E-state index contributed by atoms with van der Waals surface area (Å²) < 4.78 is 15.2. The highest BCUT2D eigenvalue weighted by atomic mass is 16.7. The molecule has 0 aromatic carbocycles. The Morgan fingerprint density at radius 3 is 2.61 bits per heavy atom. The van der Waals surface area contributed by atoms with Crippen LogP contribution in [0.15, 0.2) is 36.6 Å². The van der Waals surface area contributed by atoms with Gasteiger partial charge in [-0.15, -0.1) is 0 Å². The minimum atomic E-state index is -0.876. The maximum atomic E-state index is 12.9. The molecule has 1 saturated carbocycles. The summed E-state index contributed by atoms with van der Waals surface area (Å²) >= 11 is 0. The van der Waals surface area contributed by atoms with Crippen LogP contribution in [0.4, 0.5) is 4.79 Å². The number of hydrogen-bond donors (Lipinski definition) is 1. The number of rotatable bonds is 7. The molecular weight excluding hydrogens is 366 g/mol. The largest absolute Gasteiger partial charge is 0.508 e. The van der Waals surface area contributed by atoms with Crippen molar-refractivity contribution in [1.29, 1.82) is 0 Å². The van der Waals surface area contributed by atoms with Gasteiger partial charge < -0.3 is 24.2 Å². The van der Waals surface area contributed by atoms with Gasteiger partial charge in [-0.2, -0.15) is 0 Å². The van der Waals surface area contributed by atoms with E-state index in [0.717, 1.165) is 12.8 Å². The van der Waals surface area contributed by atoms with Gasteiger partial charge in [0.05, 0.1) is 18.1 Å². The van der Waals surface area contributed by atoms with E-state index in [2.05, 4.69) is 13.2 Å². The number of carbonyl (C=O) groups excluding carboxylic acids is 3. The summed E-state index contributed by atoms with van der Waals surface area (Å²) in [4.78, 5) is 38.6. The fourth-order valence-corrected chi connectivity index (χ4v) is 4.42. The summed E-state index contributed by atoms with van der Waals surface area (Å²) in [6.45, 7) is 8.62. The first-order chi connectivity index (χ1) is 13.4. The van der Waals surface area contributed by atoms with Crippen molar-refractivity contribution in [3.8, 4) is 0 Å². The van der Waals surface area contributed by atoms with E-state index in [4.69, 9.17) is 14.2 Å². The van der Waals surface area contributed by atoms with Crippen molar-refractivity contribution < 1.29 is 33.7 Å². The molecule has 2 aliphatic heterocycles. The lowest BCUT2D eigenvalue weighted by atomic mass is 9.72. The maximum Gasteiger partial charge on any atom is 0.508 e. The first-order valence-corrected chi connectivity index (χ1v) is 9.39. The predicted octanol–water partition coefficient (Wildman–Crippen LogP) is 1.70. The summed E-state index contributed by atoms with van der Waals surface area (Å²) in [7, 11) is 0. The van der Waals surface area contributed by atoms with E-state index in [0.29, 0.717) is 12.0 Å². The summed E-state index contributed by atoms with van der Waals surface area (Å²) in [6, 6.07) is -0.342. The van der Waals surface area contributed by atoms with Crippen molar-refractivity contribution >= 4 is 18.0 Å². The Kier molecular flexibility index (Phi) is 5.88. The number of carbonyl (C=O) groups is 3. The minimum absolute atomic E-state index is 0.0134. The molecule has 28 heavy (non-hydrogen) atoms. The molecule has 0 aromatic heterocycles. The number of aliphatic hydroxyl groups excluding tert-OH is 1. The highest BCUT2D eigenvalue weighted by molar-refractivity contribution is 6.01. The Bertz CT molecular complexity index is 728. The van der Waals surface area contributed by atoms with E-state index in [1.807, 2.05) is 0 Å². The number of fused-ring (bicyclic) bond motifs is 3. The fourth-order valence-electron chi connectivity index (χ4n) is 4.42. The van der Waals surface area contributed by atoms with Crippen LogP contribution < -0.4 is 0 Å². The van der Waals surface area contributed by atoms with Crippen molar-refractivity contribution in [2.75, 3.05) is 13.2 Å². The molecule has 1 saturated heterocycles. The maximum absolute atomic E-state index is 12.9. The molecule has 5 atom stereocenters. The minimum Gasteiger partial charge on any atom is -0.457 e. The Hall–Kier alpha value is -2.61. The zero-order valence-electron chi connectivity index (χ0n) is 15.8. The SMILES string of the molecule is C=CCOC(=O)O[C@H](C)[C@H]1C(=O)N2C(C(=O)OCC=C)=C3[C@H](O)CCC[C@H]3[C@H]12. The van der Waals surface area contributed by atoms with E-state index in [9.17, 15) is 19.5 Å². The van der Waals surface area contributed by atoms with E-state index < -0.39 is 30.3 Å². The van der Waals surface area contributed by atoms with E-state index >= 15 is 0 Å². The van der Waals surface area contributed by atoms with Crippen molar-refractivity contribution in [3.05, 3.63) is 36.6 Å². The lowest BCUT2D eigenvalue weighted by molar-refractivity contribution is -0.165. The Morgan fingerprint density at radius 2 is 1.93 bits per heavy atom. The van der Waals surface area contributed by atoms with Gasteiger partial charge in [0.1, 0.15) is 25.0 Å². The molecule has 3 rings (SSSR count). The monoisotopic (exact) mass is 391 g/mol. The topological polar surface area (TPSA) is 102 Å². The second-order valence-corrected chi connectivity index (χ2v) is 7.14. The zero-order chi connectivity index (χ0) is 20.4. The average molecular weight is 391 g/mol. The zero-order valence-corrected chi connectivity index (χ0v) is 15.8. The van der Waals surface area contributed by atoms with Gasteiger partial charge in [0.15, 0.2) is 0 Å². The van der Waals surface area contributed by atoms with Gasteiger partial charge in [-0.3, -0.25) is 4.79 Å². The number of esters is 1. The average Bonchev–Trinajstić information content (AvgIpc) is 2.96. The lowest BCUT2D eigenvalue weighted by Crippen LogP contribution is -2.64. The summed E-state index contributed by atoms with van der Waals surface area (Å²) in [6.07, 6.45) is 2.51. The van der Waals surface area contributed by atoms with Crippen LogP contribution in [0, 0.1) is 11.8 Å². The van der Waals surface area contributed by atoms with Crippen LogP contribution in [0.3, 0.4) is 0 Å². The molecular formula is C20H25NO7. The molecule has 0 bridgehead atoms. The van der Waals surface area contributed by atoms with Gasteiger partial charge in [0.2, 0.25) is 5.91 Å². The highest BCUT2D eigenvalue weighted by Gasteiger charge is 2.63. The summed E-state index contributed by atoms with van der Waals surface area (Å²) in [5.41, 5.74) is 0.689. The molecule has 152 valence electrons. The van der Waals surface area contributed by atoms with Gasteiger partial charge in [-0.05, 0) is 31.8 Å². The molecule has 1 aliphatic carbocycles. The number of ether oxygens (including phenoxy) is 3. The van der Waals surface area contributed by atoms with Crippen molar-refractivity contribution in [2.24, 2.45) is 11.8 Å². The number of amides is 1. The molecule has 0 aromatic rings. The van der Waals surface area contributed by atoms with Crippen LogP contribution in [0.5, 0.6) is 0 Å². The molecule has 8 heteroatoms. The van der Waals surface area contributed by atoms with Crippen LogP contribution in [0.25, 0.3) is 0 Å². The number of aliphatic hydroxyl groups is 1. The second kappa shape index (κ2) is 8.18. The molecule has 0 spiro atoms. The molecule has 3 aliphatic rings. The van der Waals surface area contributed by atoms with Crippen LogP contribution >= 0.6 is 0 Å². The predicted molar refractivity (Wildman–Crippen MR) is 97.7 cm³/mol.